The highest BCUT2D eigenvalue weighted by Gasteiger charge is 1.98. The van der Waals surface area contributed by atoms with Gasteiger partial charge in [-0.2, -0.15) is 0 Å². The van der Waals surface area contributed by atoms with E-state index in [0.717, 1.165) is 26.2 Å². The van der Waals surface area contributed by atoms with Gasteiger partial charge in [0.15, 0.2) is 0 Å². The first-order valence-electron chi connectivity index (χ1n) is 5.61. The second-order valence-electron chi connectivity index (χ2n) is 3.85. The molecule has 0 unspecified atom stereocenters. The minimum atomic E-state index is 0.974. The third kappa shape index (κ3) is 5.50. The van der Waals surface area contributed by atoms with Gasteiger partial charge in [-0.05, 0) is 31.6 Å². The molecule has 1 aromatic rings. The Morgan fingerprint density at radius 1 is 1.40 bits per heavy atom. The van der Waals surface area contributed by atoms with E-state index in [1.54, 1.807) is 0 Å². The predicted octanol–water partition coefficient (Wildman–Crippen LogP) is 1.51. The molecule has 84 valence electrons. The first kappa shape index (κ1) is 12.1. The molecule has 1 N–H and O–H groups in total. The van der Waals surface area contributed by atoms with Gasteiger partial charge in [0.25, 0.3) is 0 Å². The van der Waals surface area contributed by atoms with Crippen LogP contribution in [0.1, 0.15) is 18.9 Å². The molecular weight excluding hydrogens is 186 g/mol. The van der Waals surface area contributed by atoms with E-state index in [0.29, 0.717) is 0 Å². The van der Waals surface area contributed by atoms with Crippen molar-refractivity contribution < 1.29 is 0 Å². The van der Waals surface area contributed by atoms with Gasteiger partial charge in [0.2, 0.25) is 0 Å². The van der Waals surface area contributed by atoms with E-state index in [-0.39, 0.29) is 0 Å². The maximum absolute atomic E-state index is 4.11. The molecule has 0 aliphatic rings. The average molecular weight is 207 g/mol. The third-order valence-electron chi connectivity index (χ3n) is 2.27. The van der Waals surface area contributed by atoms with E-state index in [4.69, 9.17) is 0 Å². The maximum Gasteiger partial charge on any atom is 0.0312 e. The summed E-state index contributed by atoms with van der Waals surface area (Å²) in [7, 11) is 2.14. The predicted molar refractivity (Wildman–Crippen MR) is 63.7 cm³/mol. The van der Waals surface area contributed by atoms with E-state index in [9.17, 15) is 0 Å². The lowest BCUT2D eigenvalue weighted by atomic mass is 10.3. The van der Waals surface area contributed by atoms with Crippen LogP contribution in [0.25, 0.3) is 0 Å². The van der Waals surface area contributed by atoms with Crippen molar-refractivity contribution in [1.29, 1.82) is 0 Å². The Bertz CT molecular complexity index is 248. The van der Waals surface area contributed by atoms with E-state index < -0.39 is 0 Å². The molecule has 3 heteroatoms. The zero-order chi connectivity index (χ0) is 10.9. The highest BCUT2D eigenvalue weighted by molar-refractivity contribution is 5.07. The van der Waals surface area contributed by atoms with Crippen molar-refractivity contribution in [3.05, 3.63) is 30.1 Å². The van der Waals surface area contributed by atoms with Crippen molar-refractivity contribution in [2.75, 3.05) is 26.7 Å². The van der Waals surface area contributed by atoms with Gasteiger partial charge < -0.3 is 10.2 Å². The highest BCUT2D eigenvalue weighted by atomic mass is 15.1. The fourth-order valence-electron chi connectivity index (χ4n) is 1.45. The molecule has 0 spiro atoms. The number of hydrogen-bond donors (Lipinski definition) is 1. The molecule has 1 heterocycles. The summed E-state index contributed by atoms with van der Waals surface area (Å²) in [6.07, 6.45) is 4.94. The van der Waals surface area contributed by atoms with Crippen LogP contribution in [0.2, 0.25) is 0 Å². The number of pyridine rings is 1. The second kappa shape index (κ2) is 7.37. The molecule has 1 aromatic heterocycles. The number of rotatable bonds is 7. The largest absolute Gasteiger partial charge is 0.315 e. The molecule has 1 rings (SSSR count). The minimum absolute atomic E-state index is 0.974. The Hall–Kier alpha value is -0.930. The van der Waals surface area contributed by atoms with Crippen molar-refractivity contribution >= 4 is 0 Å². The summed E-state index contributed by atoms with van der Waals surface area (Å²) in [5, 5.41) is 3.39. The van der Waals surface area contributed by atoms with Crippen LogP contribution in [-0.2, 0) is 6.54 Å². The molecule has 0 aliphatic heterocycles. The Morgan fingerprint density at radius 2 is 2.27 bits per heavy atom. The van der Waals surface area contributed by atoms with Gasteiger partial charge in [-0.15, -0.1) is 0 Å². The lowest BCUT2D eigenvalue weighted by molar-refractivity contribution is 0.324. The zero-order valence-corrected chi connectivity index (χ0v) is 9.74. The van der Waals surface area contributed by atoms with Crippen molar-refractivity contribution in [2.45, 2.75) is 19.9 Å². The Labute approximate surface area is 92.5 Å². The van der Waals surface area contributed by atoms with Gasteiger partial charge >= 0.3 is 0 Å². The van der Waals surface area contributed by atoms with Crippen molar-refractivity contribution in [3.8, 4) is 0 Å². The van der Waals surface area contributed by atoms with E-state index in [2.05, 4.69) is 35.2 Å². The van der Waals surface area contributed by atoms with Gasteiger partial charge in [-0.3, -0.25) is 4.98 Å². The monoisotopic (exact) mass is 207 g/mol. The summed E-state index contributed by atoms with van der Waals surface area (Å²) in [4.78, 5) is 6.41. The van der Waals surface area contributed by atoms with Crippen molar-refractivity contribution in [3.63, 3.8) is 0 Å². The zero-order valence-electron chi connectivity index (χ0n) is 9.74. The number of nitrogens with one attached hydrogen (secondary N) is 1. The summed E-state index contributed by atoms with van der Waals surface area (Å²) < 4.78 is 0. The molecule has 15 heavy (non-hydrogen) atoms. The van der Waals surface area contributed by atoms with E-state index in [1.807, 2.05) is 18.5 Å². The van der Waals surface area contributed by atoms with Crippen LogP contribution < -0.4 is 5.32 Å². The van der Waals surface area contributed by atoms with E-state index in [1.165, 1.54) is 12.0 Å². The first-order chi connectivity index (χ1) is 7.33. The molecule has 0 amide bonds. The smallest absolute Gasteiger partial charge is 0.0312 e. The van der Waals surface area contributed by atoms with E-state index >= 15 is 0 Å². The number of hydrogen-bond acceptors (Lipinski definition) is 3. The Kier molecular flexibility index (Phi) is 5.97. The average Bonchev–Trinajstić information content (AvgIpc) is 2.26. The van der Waals surface area contributed by atoms with Gasteiger partial charge in [-0.1, -0.05) is 13.0 Å². The molecule has 0 radical (unpaired) electrons. The molecule has 0 saturated heterocycles. The Morgan fingerprint density at radius 3 is 2.93 bits per heavy atom. The molecule has 0 fully saturated rings. The minimum Gasteiger partial charge on any atom is -0.315 e. The topological polar surface area (TPSA) is 28.2 Å². The highest BCUT2D eigenvalue weighted by Crippen LogP contribution is 1.99. The summed E-state index contributed by atoms with van der Waals surface area (Å²) in [5.74, 6) is 0. The molecule has 0 aromatic carbocycles. The normalized spacial score (nSPS) is 10.9. The van der Waals surface area contributed by atoms with Crippen LogP contribution in [0, 0.1) is 0 Å². The van der Waals surface area contributed by atoms with Crippen molar-refractivity contribution in [2.24, 2.45) is 0 Å². The van der Waals surface area contributed by atoms with Crippen LogP contribution in [0.5, 0.6) is 0 Å². The number of likely N-dealkylation sites (N-methyl/N-ethyl adjacent to an activating group) is 1. The summed E-state index contributed by atoms with van der Waals surface area (Å²) >= 11 is 0. The van der Waals surface area contributed by atoms with Crippen LogP contribution in [-0.4, -0.2) is 36.6 Å². The maximum atomic E-state index is 4.11. The van der Waals surface area contributed by atoms with Gasteiger partial charge in [0.1, 0.15) is 0 Å². The fourth-order valence-corrected chi connectivity index (χ4v) is 1.45. The summed E-state index contributed by atoms with van der Waals surface area (Å²) in [5.41, 5.74) is 1.27. The standard InChI is InChI=1S/C12H21N3/c1-3-6-13-8-9-15(2)11-12-5-4-7-14-10-12/h4-5,7,10,13H,3,6,8-9,11H2,1-2H3. The first-order valence-corrected chi connectivity index (χ1v) is 5.61. The van der Waals surface area contributed by atoms with Crippen molar-refractivity contribution in [1.82, 2.24) is 15.2 Å². The van der Waals surface area contributed by atoms with Crippen LogP contribution in [0.3, 0.4) is 0 Å². The summed E-state index contributed by atoms with van der Waals surface area (Å²) in [6, 6.07) is 4.10. The molecule has 0 saturated carbocycles. The number of aromatic nitrogens is 1. The van der Waals surface area contributed by atoms with Gasteiger partial charge in [0.05, 0.1) is 0 Å². The SMILES string of the molecule is CCCNCCN(C)Cc1cccnc1. The lowest BCUT2D eigenvalue weighted by Gasteiger charge is -2.16. The van der Waals surface area contributed by atoms with Crippen LogP contribution in [0.15, 0.2) is 24.5 Å². The van der Waals surface area contributed by atoms with Crippen LogP contribution in [0.4, 0.5) is 0 Å². The lowest BCUT2D eigenvalue weighted by Crippen LogP contribution is -2.29. The number of nitrogens with zero attached hydrogens (tertiary/aromatic N) is 2. The third-order valence-corrected chi connectivity index (χ3v) is 2.27. The summed E-state index contributed by atoms with van der Waals surface area (Å²) in [6.45, 7) is 6.41. The quantitative estimate of drug-likeness (QED) is 0.687. The molecular formula is C12H21N3. The fraction of sp³-hybridized carbons (Fsp3) is 0.583. The molecule has 0 aliphatic carbocycles. The second-order valence-corrected chi connectivity index (χ2v) is 3.85. The molecule has 3 nitrogen and oxygen atoms in total. The molecule has 0 bridgehead atoms. The van der Waals surface area contributed by atoms with Gasteiger partial charge in [-0.25, -0.2) is 0 Å². The van der Waals surface area contributed by atoms with Gasteiger partial charge in [0, 0.05) is 32.0 Å². The van der Waals surface area contributed by atoms with Crippen LogP contribution >= 0.6 is 0 Å². The molecule has 0 atom stereocenters. The Balaban J connectivity index is 2.16.